The van der Waals surface area contributed by atoms with Crippen molar-refractivity contribution in [2.45, 2.75) is 36.1 Å². The molecule has 1 N–H and O–H groups in total. The monoisotopic (exact) mass is 284 g/mol. The topological polar surface area (TPSA) is 49.0 Å². The van der Waals surface area contributed by atoms with Crippen LogP contribution >= 0.6 is 11.8 Å². The highest BCUT2D eigenvalue weighted by molar-refractivity contribution is 7.98. The van der Waals surface area contributed by atoms with Gasteiger partial charge in [0.15, 0.2) is 0 Å². The predicted octanol–water partition coefficient (Wildman–Crippen LogP) is 3.70. The van der Waals surface area contributed by atoms with Crippen LogP contribution in [0.3, 0.4) is 0 Å². The Labute approximate surface area is 123 Å². The van der Waals surface area contributed by atoms with Crippen LogP contribution in [0.4, 0.5) is 0 Å². The van der Waals surface area contributed by atoms with Gasteiger partial charge in [-0.1, -0.05) is 6.07 Å². The van der Waals surface area contributed by atoms with Crippen molar-refractivity contribution in [2.75, 3.05) is 0 Å². The Balaban J connectivity index is 1.65. The molecule has 0 atom stereocenters. The van der Waals surface area contributed by atoms with Gasteiger partial charge in [0.1, 0.15) is 11.8 Å². The molecule has 3 nitrogen and oxygen atoms in total. The number of thioether (sulfide) groups is 1. The van der Waals surface area contributed by atoms with Gasteiger partial charge in [-0.05, 0) is 42.7 Å². The van der Waals surface area contributed by atoms with Crippen LogP contribution in [0, 0.1) is 11.3 Å². The number of furan rings is 1. The van der Waals surface area contributed by atoms with Crippen molar-refractivity contribution >= 4 is 11.8 Å². The van der Waals surface area contributed by atoms with Crippen LogP contribution in [-0.4, -0.2) is 6.04 Å². The summed E-state index contributed by atoms with van der Waals surface area (Å²) in [4.78, 5) is 1.01. The van der Waals surface area contributed by atoms with Crippen molar-refractivity contribution in [3.8, 4) is 6.07 Å². The molecule has 0 amide bonds. The molecule has 1 aromatic carbocycles. The van der Waals surface area contributed by atoms with E-state index < -0.39 is 0 Å². The first-order valence-electron chi connectivity index (χ1n) is 6.77. The maximum absolute atomic E-state index is 9.28. The molecule has 0 spiro atoms. The smallest absolute Gasteiger partial charge is 0.113 e. The van der Waals surface area contributed by atoms with Crippen LogP contribution in [0.25, 0.3) is 0 Å². The Morgan fingerprint density at radius 1 is 1.35 bits per heavy atom. The lowest BCUT2D eigenvalue weighted by Gasteiger charge is -2.07. The molecule has 1 aromatic heterocycles. The molecule has 3 rings (SSSR count). The second-order valence-corrected chi connectivity index (χ2v) is 5.98. The normalized spacial score (nSPS) is 14.2. The fourth-order valence-corrected chi connectivity index (χ4v) is 2.88. The molecule has 2 aromatic rings. The van der Waals surface area contributed by atoms with E-state index in [2.05, 4.69) is 17.5 Å². The third-order valence-corrected chi connectivity index (χ3v) is 4.38. The highest BCUT2D eigenvalue weighted by Crippen LogP contribution is 2.27. The Morgan fingerprint density at radius 2 is 2.25 bits per heavy atom. The first kappa shape index (κ1) is 13.3. The Bertz CT molecular complexity index is 612. The summed E-state index contributed by atoms with van der Waals surface area (Å²) in [6.07, 6.45) is 4.23. The van der Waals surface area contributed by atoms with E-state index in [1.807, 2.05) is 24.3 Å². The lowest BCUT2D eigenvalue weighted by atomic mass is 10.1. The Hall–Kier alpha value is -1.70. The number of nitrogens with zero attached hydrogens (tertiary/aromatic N) is 1. The number of hydrogen-bond acceptors (Lipinski definition) is 4. The molecule has 0 radical (unpaired) electrons. The second-order valence-electron chi connectivity index (χ2n) is 4.97. The van der Waals surface area contributed by atoms with Crippen LogP contribution in [-0.2, 0) is 12.3 Å². The van der Waals surface area contributed by atoms with Gasteiger partial charge in [0.25, 0.3) is 0 Å². The summed E-state index contributed by atoms with van der Waals surface area (Å²) in [7, 11) is 0. The molecule has 0 saturated heterocycles. The highest BCUT2D eigenvalue weighted by atomic mass is 32.2. The van der Waals surface area contributed by atoms with E-state index in [1.165, 1.54) is 18.4 Å². The van der Waals surface area contributed by atoms with Crippen molar-refractivity contribution in [3.63, 3.8) is 0 Å². The quantitative estimate of drug-likeness (QED) is 0.822. The average molecular weight is 284 g/mol. The molecule has 20 heavy (non-hydrogen) atoms. The summed E-state index contributed by atoms with van der Waals surface area (Å²) in [5, 5.41) is 12.7. The van der Waals surface area contributed by atoms with Crippen LogP contribution in [0.1, 0.15) is 29.7 Å². The number of hydrogen-bond donors (Lipinski definition) is 1. The molecule has 0 aliphatic heterocycles. The number of rotatable bonds is 6. The van der Waals surface area contributed by atoms with Crippen molar-refractivity contribution < 1.29 is 4.42 Å². The maximum atomic E-state index is 9.28. The summed E-state index contributed by atoms with van der Waals surface area (Å²) in [5.41, 5.74) is 1.92. The Morgan fingerprint density at radius 3 is 2.95 bits per heavy atom. The van der Waals surface area contributed by atoms with E-state index in [4.69, 9.17) is 4.42 Å². The van der Waals surface area contributed by atoms with Gasteiger partial charge in [-0.25, -0.2) is 0 Å². The minimum atomic E-state index is 0.688. The minimum absolute atomic E-state index is 0.688. The van der Waals surface area contributed by atoms with E-state index in [0.717, 1.165) is 28.5 Å². The fraction of sp³-hybridized carbons (Fsp3) is 0.312. The van der Waals surface area contributed by atoms with Gasteiger partial charge < -0.3 is 9.73 Å². The molecule has 1 aliphatic carbocycles. The van der Waals surface area contributed by atoms with Gasteiger partial charge in [-0.3, -0.25) is 0 Å². The van der Waals surface area contributed by atoms with Gasteiger partial charge >= 0.3 is 0 Å². The van der Waals surface area contributed by atoms with Crippen molar-refractivity contribution in [1.29, 1.82) is 5.26 Å². The summed E-state index contributed by atoms with van der Waals surface area (Å²) < 4.78 is 5.31. The average Bonchev–Trinajstić information content (AvgIpc) is 3.17. The van der Waals surface area contributed by atoms with Gasteiger partial charge in [0.2, 0.25) is 0 Å². The molecule has 4 heteroatoms. The second kappa shape index (κ2) is 6.17. The van der Waals surface area contributed by atoms with Gasteiger partial charge in [-0.15, -0.1) is 11.8 Å². The number of nitrogens with one attached hydrogen (secondary N) is 1. The molecule has 1 aliphatic rings. The first-order chi connectivity index (χ1) is 9.85. The summed E-state index contributed by atoms with van der Waals surface area (Å²) in [6, 6.07) is 12.9. The third kappa shape index (κ3) is 3.44. The first-order valence-corrected chi connectivity index (χ1v) is 7.75. The SMILES string of the molecule is N#Cc1cc(CNC2CC2)ccc1SCc1ccco1. The minimum Gasteiger partial charge on any atom is -0.468 e. The van der Waals surface area contributed by atoms with Gasteiger partial charge in [-0.2, -0.15) is 5.26 Å². The molecule has 1 saturated carbocycles. The molecule has 0 unspecified atom stereocenters. The van der Waals surface area contributed by atoms with Crippen LogP contribution in [0.5, 0.6) is 0 Å². The summed E-state index contributed by atoms with van der Waals surface area (Å²) in [6.45, 7) is 0.850. The zero-order valence-corrected chi connectivity index (χ0v) is 12.0. The van der Waals surface area contributed by atoms with Crippen LogP contribution in [0.15, 0.2) is 45.9 Å². The molecular weight excluding hydrogens is 268 g/mol. The van der Waals surface area contributed by atoms with E-state index in [-0.39, 0.29) is 0 Å². The van der Waals surface area contributed by atoms with E-state index in [9.17, 15) is 5.26 Å². The van der Waals surface area contributed by atoms with E-state index in [1.54, 1.807) is 18.0 Å². The van der Waals surface area contributed by atoms with Crippen molar-refractivity contribution in [2.24, 2.45) is 0 Å². The number of nitriles is 1. The van der Waals surface area contributed by atoms with Crippen LogP contribution < -0.4 is 5.32 Å². The van der Waals surface area contributed by atoms with Crippen LogP contribution in [0.2, 0.25) is 0 Å². The molecule has 1 heterocycles. The zero-order valence-electron chi connectivity index (χ0n) is 11.1. The number of benzene rings is 1. The van der Waals surface area contributed by atoms with E-state index in [0.29, 0.717) is 6.04 Å². The Kier molecular flexibility index (Phi) is 4.10. The van der Waals surface area contributed by atoms with Gasteiger partial charge in [0, 0.05) is 17.5 Å². The predicted molar refractivity (Wildman–Crippen MR) is 79.3 cm³/mol. The fourth-order valence-electron chi connectivity index (χ4n) is 1.99. The molecule has 102 valence electrons. The van der Waals surface area contributed by atoms with Gasteiger partial charge in [0.05, 0.1) is 17.6 Å². The third-order valence-electron chi connectivity index (χ3n) is 3.29. The summed E-state index contributed by atoms with van der Waals surface area (Å²) >= 11 is 1.64. The van der Waals surface area contributed by atoms with Crippen molar-refractivity contribution in [1.82, 2.24) is 5.32 Å². The van der Waals surface area contributed by atoms with Crippen molar-refractivity contribution in [3.05, 3.63) is 53.5 Å². The highest BCUT2D eigenvalue weighted by Gasteiger charge is 2.20. The summed E-state index contributed by atoms with van der Waals surface area (Å²) in [5.74, 6) is 1.68. The van der Waals surface area contributed by atoms with E-state index >= 15 is 0 Å². The zero-order chi connectivity index (χ0) is 13.8. The molecule has 0 bridgehead atoms. The lowest BCUT2D eigenvalue weighted by molar-refractivity contribution is 0.530. The molecular formula is C16H16N2OS. The maximum Gasteiger partial charge on any atom is 0.113 e. The molecule has 1 fully saturated rings. The largest absolute Gasteiger partial charge is 0.468 e. The standard InChI is InChI=1S/C16H16N2OS/c17-9-13-8-12(10-18-14-4-5-14)3-6-16(13)20-11-15-2-1-7-19-15/h1-3,6-8,14,18H,4-5,10-11H2. The lowest BCUT2D eigenvalue weighted by Crippen LogP contribution is -2.15.